The van der Waals surface area contributed by atoms with Crippen LogP contribution in [0.25, 0.3) is 0 Å². The molecule has 1 heterocycles. The number of ether oxygens (including phenoxy) is 1. The number of aliphatic hydroxyl groups is 1. The third-order valence-corrected chi connectivity index (χ3v) is 5.74. The van der Waals surface area contributed by atoms with E-state index in [0.29, 0.717) is 29.1 Å². The number of hydrogen-bond acceptors (Lipinski definition) is 4. The lowest BCUT2D eigenvalue weighted by molar-refractivity contribution is -0.148. The molecule has 0 aromatic heterocycles. The standard InChI is InChI=1S/C22H25ClFNO3/c1-28-21(26)20-4-2-3-14-25(20)15-13-22(27,16-5-9-18(23)10-6-16)17-7-11-19(24)12-8-17/h5-12,20,27H,2-4,13-15H2,1H3. The molecule has 4 nitrogen and oxygen atoms in total. The predicted molar refractivity (Wildman–Crippen MR) is 107 cm³/mol. The average Bonchev–Trinajstić information content (AvgIpc) is 2.72. The molecule has 1 saturated heterocycles. The lowest BCUT2D eigenvalue weighted by atomic mass is 9.83. The number of carbonyl (C=O) groups is 1. The minimum Gasteiger partial charge on any atom is -0.468 e. The minimum atomic E-state index is -1.32. The van der Waals surface area contributed by atoms with Gasteiger partial charge in [-0.3, -0.25) is 9.69 Å². The van der Waals surface area contributed by atoms with E-state index < -0.39 is 5.60 Å². The zero-order valence-corrected chi connectivity index (χ0v) is 16.7. The Hall–Kier alpha value is -1.95. The van der Waals surface area contributed by atoms with E-state index in [1.807, 2.05) is 0 Å². The third-order valence-electron chi connectivity index (χ3n) is 5.49. The maximum atomic E-state index is 13.4. The first-order valence-corrected chi connectivity index (χ1v) is 9.88. The van der Waals surface area contributed by atoms with Gasteiger partial charge in [-0.2, -0.15) is 0 Å². The third kappa shape index (κ3) is 4.54. The molecule has 6 heteroatoms. The van der Waals surface area contributed by atoms with Gasteiger partial charge in [0.2, 0.25) is 0 Å². The zero-order chi connectivity index (χ0) is 20.1. The van der Waals surface area contributed by atoms with Gasteiger partial charge < -0.3 is 9.84 Å². The zero-order valence-electron chi connectivity index (χ0n) is 15.9. The van der Waals surface area contributed by atoms with Crippen molar-refractivity contribution in [1.29, 1.82) is 0 Å². The van der Waals surface area contributed by atoms with Crippen molar-refractivity contribution in [3.8, 4) is 0 Å². The lowest BCUT2D eigenvalue weighted by Gasteiger charge is -2.37. The number of likely N-dealkylation sites (tertiary alicyclic amines) is 1. The maximum absolute atomic E-state index is 13.4. The Balaban J connectivity index is 1.88. The summed E-state index contributed by atoms with van der Waals surface area (Å²) >= 11 is 6.01. The van der Waals surface area contributed by atoms with Gasteiger partial charge >= 0.3 is 5.97 Å². The smallest absolute Gasteiger partial charge is 0.323 e. The van der Waals surface area contributed by atoms with Crippen LogP contribution in [0.5, 0.6) is 0 Å². The van der Waals surface area contributed by atoms with E-state index >= 15 is 0 Å². The van der Waals surface area contributed by atoms with Crippen LogP contribution in [0.3, 0.4) is 0 Å². The predicted octanol–water partition coefficient (Wildman–Crippen LogP) is 4.13. The molecular formula is C22H25ClFNO3. The van der Waals surface area contributed by atoms with E-state index in [4.69, 9.17) is 16.3 Å². The summed E-state index contributed by atoms with van der Waals surface area (Å²) in [4.78, 5) is 14.2. The summed E-state index contributed by atoms with van der Waals surface area (Å²) in [7, 11) is 1.40. The van der Waals surface area contributed by atoms with Crippen LogP contribution < -0.4 is 0 Å². The summed E-state index contributed by atoms with van der Waals surface area (Å²) in [5.74, 6) is -0.597. The minimum absolute atomic E-state index is 0.239. The Labute approximate surface area is 169 Å². The molecule has 1 fully saturated rings. The molecule has 0 spiro atoms. The summed E-state index contributed by atoms with van der Waals surface area (Å²) in [6, 6.07) is 12.6. The Morgan fingerprint density at radius 1 is 1.18 bits per heavy atom. The van der Waals surface area contributed by atoms with Crippen molar-refractivity contribution in [2.75, 3.05) is 20.2 Å². The van der Waals surface area contributed by atoms with Gasteiger partial charge in [0.05, 0.1) is 7.11 Å². The fraction of sp³-hybridized carbons (Fsp3) is 0.409. The number of halogens is 2. The number of piperidine rings is 1. The first-order chi connectivity index (χ1) is 13.4. The molecule has 2 unspecified atom stereocenters. The Morgan fingerprint density at radius 3 is 2.39 bits per heavy atom. The Kier molecular flexibility index (Phi) is 6.70. The SMILES string of the molecule is COC(=O)C1CCCCN1CCC(O)(c1ccc(F)cc1)c1ccc(Cl)cc1. The van der Waals surface area contributed by atoms with Crippen LogP contribution in [0.1, 0.15) is 36.8 Å². The maximum Gasteiger partial charge on any atom is 0.323 e. The summed E-state index contributed by atoms with van der Waals surface area (Å²) in [6.45, 7) is 1.29. The van der Waals surface area contributed by atoms with Crippen LogP contribution in [-0.2, 0) is 15.1 Å². The molecule has 2 atom stereocenters. The van der Waals surface area contributed by atoms with Crippen LogP contribution in [0.2, 0.25) is 5.02 Å². The highest BCUT2D eigenvalue weighted by atomic mass is 35.5. The van der Waals surface area contributed by atoms with Crippen molar-refractivity contribution in [3.63, 3.8) is 0 Å². The fourth-order valence-corrected chi connectivity index (χ4v) is 4.00. The van der Waals surface area contributed by atoms with E-state index in [1.54, 1.807) is 36.4 Å². The van der Waals surface area contributed by atoms with Crippen LogP contribution in [0.15, 0.2) is 48.5 Å². The highest BCUT2D eigenvalue weighted by Crippen LogP contribution is 2.35. The second kappa shape index (κ2) is 9.03. The first-order valence-electron chi connectivity index (χ1n) is 9.50. The second-order valence-electron chi connectivity index (χ2n) is 7.19. The highest BCUT2D eigenvalue weighted by Gasteiger charge is 2.35. The quantitative estimate of drug-likeness (QED) is 0.734. The first kappa shape index (κ1) is 20.8. The van der Waals surface area contributed by atoms with Crippen molar-refractivity contribution < 1.29 is 19.0 Å². The molecule has 3 rings (SSSR count). The number of esters is 1. The molecule has 150 valence electrons. The normalized spacial score (nSPS) is 19.8. The van der Waals surface area contributed by atoms with Gasteiger partial charge in [-0.1, -0.05) is 42.3 Å². The van der Waals surface area contributed by atoms with Gasteiger partial charge in [0, 0.05) is 11.6 Å². The number of nitrogens with zero attached hydrogens (tertiary/aromatic N) is 1. The summed E-state index contributed by atoms with van der Waals surface area (Å²) in [5, 5.41) is 12.2. The molecule has 1 aliphatic rings. The van der Waals surface area contributed by atoms with Crippen molar-refractivity contribution in [2.45, 2.75) is 37.3 Å². The Morgan fingerprint density at radius 2 is 1.79 bits per heavy atom. The topological polar surface area (TPSA) is 49.8 Å². The van der Waals surface area contributed by atoms with Crippen LogP contribution in [0, 0.1) is 5.82 Å². The van der Waals surface area contributed by atoms with Crippen LogP contribution in [0.4, 0.5) is 4.39 Å². The van der Waals surface area contributed by atoms with E-state index in [-0.39, 0.29) is 17.8 Å². The number of benzene rings is 2. The van der Waals surface area contributed by atoms with E-state index in [0.717, 1.165) is 25.8 Å². The van der Waals surface area contributed by atoms with Gasteiger partial charge in [0.25, 0.3) is 0 Å². The largest absolute Gasteiger partial charge is 0.468 e. The lowest BCUT2D eigenvalue weighted by Crippen LogP contribution is -2.47. The van der Waals surface area contributed by atoms with E-state index in [1.165, 1.54) is 19.2 Å². The molecule has 2 aromatic carbocycles. The van der Waals surface area contributed by atoms with Gasteiger partial charge in [-0.15, -0.1) is 0 Å². The molecule has 0 aliphatic carbocycles. The van der Waals surface area contributed by atoms with Crippen molar-refractivity contribution in [2.24, 2.45) is 0 Å². The van der Waals surface area contributed by atoms with Crippen molar-refractivity contribution in [1.82, 2.24) is 4.90 Å². The number of hydrogen-bond donors (Lipinski definition) is 1. The summed E-state index contributed by atoms with van der Waals surface area (Å²) < 4.78 is 18.4. The molecule has 0 bridgehead atoms. The van der Waals surface area contributed by atoms with Gasteiger partial charge in [-0.25, -0.2) is 4.39 Å². The Bertz CT molecular complexity index is 749. The number of methoxy groups -OCH3 is 1. The van der Waals surface area contributed by atoms with E-state index in [2.05, 4.69) is 4.90 Å². The van der Waals surface area contributed by atoms with Crippen molar-refractivity contribution in [3.05, 3.63) is 70.5 Å². The second-order valence-corrected chi connectivity index (χ2v) is 7.63. The van der Waals surface area contributed by atoms with Crippen LogP contribution in [-0.4, -0.2) is 42.2 Å². The fourth-order valence-electron chi connectivity index (χ4n) is 3.87. The summed E-state index contributed by atoms with van der Waals surface area (Å²) in [6.07, 6.45) is 3.09. The molecular weight excluding hydrogens is 381 g/mol. The van der Waals surface area contributed by atoms with Crippen molar-refractivity contribution >= 4 is 17.6 Å². The van der Waals surface area contributed by atoms with Gasteiger partial charge in [-0.05, 0) is 61.2 Å². The molecule has 1 aliphatic heterocycles. The molecule has 0 saturated carbocycles. The van der Waals surface area contributed by atoms with Gasteiger partial charge in [0.1, 0.15) is 17.5 Å². The number of carbonyl (C=O) groups excluding carboxylic acids is 1. The van der Waals surface area contributed by atoms with Crippen LogP contribution >= 0.6 is 11.6 Å². The monoisotopic (exact) mass is 405 g/mol. The molecule has 0 radical (unpaired) electrons. The molecule has 1 N–H and O–H groups in total. The molecule has 0 amide bonds. The highest BCUT2D eigenvalue weighted by molar-refractivity contribution is 6.30. The molecule has 2 aromatic rings. The molecule has 28 heavy (non-hydrogen) atoms. The van der Waals surface area contributed by atoms with Gasteiger partial charge in [0.15, 0.2) is 0 Å². The van der Waals surface area contributed by atoms with E-state index in [9.17, 15) is 14.3 Å². The average molecular weight is 406 g/mol. The number of rotatable bonds is 6. The summed E-state index contributed by atoms with van der Waals surface area (Å²) in [5.41, 5.74) is -0.0471.